The summed E-state index contributed by atoms with van der Waals surface area (Å²) in [5.74, 6) is 1.06. The zero-order valence-electron chi connectivity index (χ0n) is 18.9. The van der Waals surface area contributed by atoms with Crippen molar-refractivity contribution in [3.8, 4) is 16.9 Å². The molecule has 0 aliphatic carbocycles. The summed E-state index contributed by atoms with van der Waals surface area (Å²) in [6, 6.07) is 7.24. The van der Waals surface area contributed by atoms with E-state index < -0.39 is 0 Å². The van der Waals surface area contributed by atoms with Gasteiger partial charge in [0.25, 0.3) is 5.91 Å². The fourth-order valence-corrected chi connectivity index (χ4v) is 5.16. The Morgan fingerprint density at radius 2 is 2.00 bits per heavy atom. The topological polar surface area (TPSA) is 92.5 Å². The average Bonchev–Trinajstić information content (AvgIpc) is 3.31. The molecule has 0 bridgehead atoms. The first-order valence-electron chi connectivity index (χ1n) is 11.3. The van der Waals surface area contributed by atoms with E-state index in [0.717, 1.165) is 11.1 Å². The number of rotatable bonds is 5. The van der Waals surface area contributed by atoms with E-state index >= 15 is 0 Å². The van der Waals surface area contributed by atoms with E-state index in [9.17, 15) is 9.59 Å². The number of hydrogen-bond donors (Lipinski definition) is 1. The minimum absolute atomic E-state index is 0.00264. The Bertz CT molecular complexity index is 1300. The summed E-state index contributed by atoms with van der Waals surface area (Å²) in [4.78, 5) is 29.6. The van der Waals surface area contributed by atoms with Crippen LogP contribution in [0.2, 0.25) is 0 Å². The molecule has 8 nitrogen and oxygen atoms in total. The fraction of sp³-hybridized carbons (Fsp3) is 0.360. The van der Waals surface area contributed by atoms with Gasteiger partial charge >= 0.3 is 0 Å². The van der Waals surface area contributed by atoms with Crippen LogP contribution in [0, 0.1) is 0 Å². The number of ether oxygens (including phenoxy) is 2. The highest BCUT2D eigenvalue weighted by Gasteiger charge is 2.26. The molecule has 9 heteroatoms. The van der Waals surface area contributed by atoms with Crippen molar-refractivity contribution in [1.82, 2.24) is 0 Å². The minimum Gasteiger partial charge on any atom is -0.490 e. The number of anilines is 2. The third kappa shape index (κ3) is 4.22. The number of aliphatic hydroxyl groups is 1. The molecule has 1 aromatic carbocycles. The van der Waals surface area contributed by atoms with Crippen molar-refractivity contribution in [3.63, 3.8) is 0 Å². The predicted octanol–water partition coefficient (Wildman–Crippen LogP) is 3.41. The van der Waals surface area contributed by atoms with Gasteiger partial charge in [-0.2, -0.15) is 0 Å². The lowest BCUT2D eigenvalue weighted by atomic mass is 10.0. The number of benzene rings is 1. The lowest BCUT2D eigenvalue weighted by Gasteiger charge is -2.30. The molecule has 1 N–H and O–H groups in total. The number of fused-ring (bicyclic) bond motifs is 2. The fourth-order valence-electron chi connectivity index (χ4n) is 4.25. The van der Waals surface area contributed by atoms with Gasteiger partial charge < -0.3 is 28.8 Å². The van der Waals surface area contributed by atoms with Crippen molar-refractivity contribution < 1.29 is 23.8 Å². The van der Waals surface area contributed by atoms with Crippen molar-refractivity contribution >= 4 is 39.1 Å². The van der Waals surface area contributed by atoms with Gasteiger partial charge in [0.15, 0.2) is 11.5 Å². The number of hydrogen-bond acceptors (Lipinski definition) is 8. The highest BCUT2D eigenvalue weighted by molar-refractivity contribution is 7.17. The highest BCUT2D eigenvalue weighted by atomic mass is 32.1. The lowest BCUT2D eigenvalue weighted by molar-refractivity contribution is -0.115. The van der Waals surface area contributed by atoms with Gasteiger partial charge in [-0.15, -0.1) is 11.3 Å². The first kappa shape index (κ1) is 22.6. The Morgan fingerprint density at radius 1 is 1.18 bits per heavy atom. The van der Waals surface area contributed by atoms with Crippen LogP contribution in [-0.2, 0) is 9.53 Å². The van der Waals surface area contributed by atoms with Gasteiger partial charge in [-0.25, -0.2) is 0 Å². The molecule has 5 rings (SSSR count). The van der Waals surface area contributed by atoms with Gasteiger partial charge in [0.05, 0.1) is 25.4 Å². The third-order valence-corrected chi connectivity index (χ3v) is 7.02. The maximum atomic E-state index is 13.1. The molecule has 0 spiro atoms. The molecule has 0 saturated carbocycles. The highest BCUT2D eigenvalue weighted by Crippen LogP contribution is 2.40. The lowest BCUT2D eigenvalue weighted by Crippen LogP contribution is -2.38. The number of amides is 1. The number of thiophene rings is 1. The molecule has 3 aromatic rings. The second-order valence-corrected chi connectivity index (χ2v) is 9.12. The maximum Gasteiger partial charge on any atom is 0.253 e. The second kappa shape index (κ2) is 9.61. The zero-order chi connectivity index (χ0) is 23.7. The van der Waals surface area contributed by atoms with Gasteiger partial charge in [0.1, 0.15) is 17.1 Å². The summed E-state index contributed by atoms with van der Waals surface area (Å²) in [6.07, 6.45) is 2.18. The summed E-state index contributed by atoms with van der Waals surface area (Å²) < 4.78 is 18.0. The zero-order valence-corrected chi connectivity index (χ0v) is 19.7. The maximum absolute atomic E-state index is 13.1. The standard InChI is InChI=1S/C25H26N2O6S/c1-16(3-2-9-28)25(30)27-8-12-32-21-5-4-17(13-19(21)27)18-15-34-24-20(29)14-22(33-23(18)24)26-6-10-31-11-7-26/h3-5,13-15,28H,2,6-12H2,1H3/b16-3+. The summed E-state index contributed by atoms with van der Waals surface area (Å²) in [5, 5.41) is 11.0. The third-order valence-electron chi connectivity index (χ3n) is 6.05. The molecule has 1 fully saturated rings. The van der Waals surface area contributed by atoms with Crippen molar-refractivity contribution in [2.24, 2.45) is 0 Å². The molecular weight excluding hydrogens is 456 g/mol. The normalized spacial score (nSPS) is 16.5. The van der Waals surface area contributed by atoms with E-state index in [0.29, 0.717) is 79.1 Å². The van der Waals surface area contributed by atoms with Crippen molar-refractivity contribution in [1.29, 1.82) is 0 Å². The Labute approximate surface area is 200 Å². The number of aliphatic hydroxyl groups excluding tert-OH is 1. The number of nitrogens with zero attached hydrogens (tertiary/aromatic N) is 2. The smallest absolute Gasteiger partial charge is 0.253 e. The molecule has 178 valence electrons. The first-order valence-corrected chi connectivity index (χ1v) is 12.2. The number of morpholine rings is 1. The quantitative estimate of drug-likeness (QED) is 0.557. The predicted molar refractivity (Wildman–Crippen MR) is 132 cm³/mol. The molecule has 2 aliphatic rings. The van der Waals surface area contributed by atoms with E-state index in [4.69, 9.17) is 19.0 Å². The molecule has 1 amide bonds. The van der Waals surface area contributed by atoms with Gasteiger partial charge in [0.2, 0.25) is 5.43 Å². The Hall–Kier alpha value is -3.14. The van der Waals surface area contributed by atoms with Crippen molar-refractivity contribution in [3.05, 3.63) is 51.5 Å². The summed E-state index contributed by atoms with van der Waals surface area (Å²) >= 11 is 1.36. The van der Waals surface area contributed by atoms with Crippen LogP contribution in [0.3, 0.4) is 0 Å². The monoisotopic (exact) mass is 482 g/mol. The van der Waals surface area contributed by atoms with E-state index in [-0.39, 0.29) is 17.9 Å². The van der Waals surface area contributed by atoms with Crippen molar-refractivity contribution in [2.45, 2.75) is 13.3 Å². The van der Waals surface area contributed by atoms with Crippen LogP contribution in [0.4, 0.5) is 11.6 Å². The van der Waals surface area contributed by atoms with Crippen LogP contribution in [0.5, 0.6) is 5.75 Å². The van der Waals surface area contributed by atoms with Gasteiger partial charge in [-0.05, 0) is 31.0 Å². The Kier molecular flexibility index (Phi) is 6.40. The van der Waals surface area contributed by atoms with Gasteiger partial charge in [-0.1, -0.05) is 12.1 Å². The van der Waals surface area contributed by atoms with Crippen LogP contribution in [0.15, 0.2) is 50.5 Å². The van der Waals surface area contributed by atoms with Crippen LogP contribution < -0.4 is 20.0 Å². The molecule has 0 unspecified atom stereocenters. The van der Waals surface area contributed by atoms with E-state index in [1.54, 1.807) is 24.0 Å². The van der Waals surface area contributed by atoms with Gasteiger partial charge in [-0.3, -0.25) is 9.59 Å². The molecule has 4 heterocycles. The molecule has 0 radical (unpaired) electrons. The molecular formula is C25H26N2O6S. The Balaban J connectivity index is 1.55. The molecule has 2 aliphatic heterocycles. The number of carbonyl (C=O) groups excluding carboxylic acids is 1. The largest absolute Gasteiger partial charge is 0.490 e. The molecule has 34 heavy (non-hydrogen) atoms. The van der Waals surface area contributed by atoms with E-state index in [2.05, 4.69) is 0 Å². The molecule has 1 saturated heterocycles. The average molecular weight is 483 g/mol. The summed E-state index contributed by atoms with van der Waals surface area (Å²) in [7, 11) is 0. The second-order valence-electron chi connectivity index (χ2n) is 8.24. The molecule has 0 atom stereocenters. The Morgan fingerprint density at radius 3 is 2.79 bits per heavy atom. The van der Waals surface area contributed by atoms with Crippen LogP contribution in [0.1, 0.15) is 13.3 Å². The SMILES string of the molecule is C/C(=C\CCO)C(=O)N1CCOc2ccc(-c3csc4c(=O)cc(N5CCOCC5)oc34)cc21. The van der Waals surface area contributed by atoms with Gasteiger partial charge in [0, 0.05) is 42.3 Å². The van der Waals surface area contributed by atoms with Crippen LogP contribution in [-0.4, -0.2) is 57.1 Å². The summed E-state index contributed by atoms with van der Waals surface area (Å²) in [5.41, 5.74) is 3.38. The van der Waals surface area contributed by atoms with E-state index in [1.807, 2.05) is 28.5 Å². The van der Waals surface area contributed by atoms with E-state index in [1.165, 1.54) is 11.3 Å². The van der Waals surface area contributed by atoms with Crippen LogP contribution in [0.25, 0.3) is 21.4 Å². The summed E-state index contributed by atoms with van der Waals surface area (Å²) in [6.45, 7) is 5.13. The number of carbonyl (C=O) groups is 1. The van der Waals surface area contributed by atoms with Crippen LogP contribution >= 0.6 is 11.3 Å². The van der Waals surface area contributed by atoms with Crippen molar-refractivity contribution in [2.75, 3.05) is 55.9 Å². The molecule has 2 aromatic heterocycles. The minimum atomic E-state index is -0.119. The first-order chi connectivity index (χ1) is 16.6.